The van der Waals surface area contributed by atoms with Crippen molar-refractivity contribution in [3.05, 3.63) is 69.0 Å². The van der Waals surface area contributed by atoms with Gasteiger partial charge in [0.25, 0.3) is 11.8 Å². The summed E-state index contributed by atoms with van der Waals surface area (Å²) in [6, 6.07) is 11.6. The summed E-state index contributed by atoms with van der Waals surface area (Å²) in [6.07, 6.45) is 0. The highest BCUT2D eigenvalue weighted by Crippen LogP contribution is 2.29. The number of carbonyl (C=O) groups excluding carboxylic acids is 1. The highest BCUT2D eigenvalue weighted by atomic mass is 32.1. The largest absolute Gasteiger partial charge is 0.346 e. The number of nitrogens with zero attached hydrogens (tertiary/aromatic N) is 2. The Hall–Kier alpha value is -2.84. The third kappa shape index (κ3) is 3.81. The zero-order chi connectivity index (χ0) is 18.8. The van der Waals surface area contributed by atoms with Gasteiger partial charge in [-0.2, -0.15) is 4.98 Å². The number of hydrogen-bond donors (Lipinski definition) is 1. The van der Waals surface area contributed by atoms with E-state index < -0.39 is 0 Å². The maximum absolute atomic E-state index is 13.0. The Kier molecular flexibility index (Phi) is 4.83. The lowest BCUT2D eigenvalue weighted by atomic mass is 10.2. The molecule has 4 aromatic rings. The molecule has 0 saturated carbocycles. The van der Waals surface area contributed by atoms with Crippen LogP contribution < -0.4 is 5.32 Å². The summed E-state index contributed by atoms with van der Waals surface area (Å²) >= 11 is 2.90. The number of thiophene rings is 2. The van der Waals surface area contributed by atoms with E-state index in [1.165, 1.54) is 34.8 Å². The van der Waals surface area contributed by atoms with E-state index >= 15 is 0 Å². The monoisotopic (exact) mass is 399 g/mol. The molecule has 0 saturated heterocycles. The molecule has 0 aliphatic heterocycles. The molecular weight excluding hydrogens is 385 g/mol. The first kappa shape index (κ1) is 17.6. The van der Waals surface area contributed by atoms with Gasteiger partial charge in [0.15, 0.2) is 0 Å². The zero-order valence-electron chi connectivity index (χ0n) is 14.2. The van der Waals surface area contributed by atoms with Crippen molar-refractivity contribution in [2.24, 2.45) is 0 Å². The van der Waals surface area contributed by atoms with E-state index in [1.807, 2.05) is 30.5 Å². The topological polar surface area (TPSA) is 68.0 Å². The molecule has 5 nitrogen and oxygen atoms in total. The van der Waals surface area contributed by atoms with Crippen LogP contribution >= 0.6 is 22.7 Å². The second-order valence-corrected chi connectivity index (χ2v) is 7.90. The molecule has 27 heavy (non-hydrogen) atoms. The molecule has 4 rings (SSSR count). The number of aromatic nitrogens is 2. The Morgan fingerprint density at radius 3 is 2.74 bits per heavy atom. The molecule has 0 aliphatic carbocycles. The first-order valence-electron chi connectivity index (χ1n) is 8.11. The van der Waals surface area contributed by atoms with E-state index in [2.05, 4.69) is 15.5 Å². The Balaban J connectivity index is 1.44. The van der Waals surface area contributed by atoms with Gasteiger partial charge in [-0.05, 0) is 60.3 Å². The fourth-order valence-electron chi connectivity index (χ4n) is 2.48. The molecular formula is C19H14FN3O2S2. The quantitative estimate of drug-likeness (QED) is 0.518. The molecule has 1 N–H and O–H groups in total. The number of benzene rings is 1. The minimum Gasteiger partial charge on any atom is -0.346 e. The van der Waals surface area contributed by atoms with Gasteiger partial charge in [0.05, 0.1) is 16.3 Å². The second-order valence-electron chi connectivity index (χ2n) is 5.81. The summed E-state index contributed by atoms with van der Waals surface area (Å²) < 4.78 is 18.3. The van der Waals surface area contributed by atoms with Gasteiger partial charge in [0.1, 0.15) is 5.82 Å². The first-order valence-corrected chi connectivity index (χ1v) is 9.81. The highest BCUT2D eigenvalue weighted by molar-refractivity contribution is 7.15. The van der Waals surface area contributed by atoms with E-state index in [0.29, 0.717) is 23.8 Å². The van der Waals surface area contributed by atoms with E-state index in [1.54, 1.807) is 12.1 Å². The van der Waals surface area contributed by atoms with Crippen LogP contribution in [0.15, 0.2) is 52.4 Å². The minimum atomic E-state index is -0.315. The molecule has 3 heterocycles. The third-order valence-electron chi connectivity index (χ3n) is 3.89. The number of carbonyl (C=O) groups is 1. The van der Waals surface area contributed by atoms with Crippen molar-refractivity contribution < 1.29 is 13.7 Å². The number of halogens is 1. The van der Waals surface area contributed by atoms with E-state index in [0.717, 1.165) is 20.2 Å². The molecule has 0 spiro atoms. The van der Waals surface area contributed by atoms with E-state index in [-0.39, 0.29) is 11.7 Å². The number of hydrogen-bond acceptors (Lipinski definition) is 6. The lowest BCUT2D eigenvalue weighted by Gasteiger charge is -2.02. The summed E-state index contributed by atoms with van der Waals surface area (Å²) in [5.74, 6) is 0.409. The molecule has 1 amide bonds. The Bertz CT molecular complexity index is 1080. The van der Waals surface area contributed by atoms with Crippen LogP contribution in [0.1, 0.15) is 20.1 Å². The maximum Gasteiger partial charge on any atom is 0.268 e. The van der Waals surface area contributed by atoms with Gasteiger partial charge in [-0.25, -0.2) is 4.39 Å². The average molecular weight is 399 g/mol. The van der Waals surface area contributed by atoms with Crippen molar-refractivity contribution in [2.45, 2.75) is 13.5 Å². The van der Waals surface area contributed by atoms with Crippen molar-refractivity contribution in [1.82, 2.24) is 15.5 Å². The van der Waals surface area contributed by atoms with Gasteiger partial charge in [0.2, 0.25) is 5.82 Å². The van der Waals surface area contributed by atoms with Crippen molar-refractivity contribution in [1.29, 1.82) is 0 Å². The van der Waals surface area contributed by atoms with Crippen molar-refractivity contribution in [3.8, 4) is 22.2 Å². The van der Waals surface area contributed by atoms with Crippen molar-refractivity contribution in [2.75, 3.05) is 0 Å². The highest BCUT2D eigenvalue weighted by Gasteiger charge is 2.14. The number of rotatable bonds is 5. The van der Waals surface area contributed by atoms with Crippen LogP contribution in [0, 0.1) is 12.7 Å². The minimum absolute atomic E-state index is 0.0752. The zero-order valence-corrected chi connectivity index (χ0v) is 15.9. The van der Waals surface area contributed by atoms with Crippen LogP contribution in [0.2, 0.25) is 0 Å². The van der Waals surface area contributed by atoms with Gasteiger partial charge in [-0.15, -0.1) is 22.7 Å². The van der Waals surface area contributed by atoms with Gasteiger partial charge in [-0.3, -0.25) is 4.79 Å². The normalized spacial score (nSPS) is 10.9. The van der Waals surface area contributed by atoms with E-state index in [9.17, 15) is 9.18 Å². The van der Waals surface area contributed by atoms with Gasteiger partial charge >= 0.3 is 0 Å². The van der Waals surface area contributed by atoms with E-state index in [4.69, 9.17) is 4.52 Å². The Labute approximate surface area is 162 Å². The van der Waals surface area contributed by atoms with Crippen LogP contribution in [0.4, 0.5) is 4.39 Å². The molecule has 0 unspecified atom stereocenters. The fraction of sp³-hybridized carbons (Fsp3) is 0.105. The SMILES string of the molecule is Cc1ccsc1C(=O)NCc1ccc(-c2nc(-c3ccc(F)cc3)no2)s1. The predicted molar refractivity (Wildman–Crippen MR) is 103 cm³/mol. The molecule has 0 radical (unpaired) electrons. The molecule has 3 aromatic heterocycles. The van der Waals surface area contributed by atoms with Crippen molar-refractivity contribution in [3.63, 3.8) is 0 Å². The van der Waals surface area contributed by atoms with Crippen molar-refractivity contribution >= 4 is 28.6 Å². The third-order valence-corrected chi connectivity index (χ3v) is 5.98. The summed E-state index contributed by atoms with van der Waals surface area (Å²) in [5, 5.41) is 8.78. The summed E-state index contributed by atoms with van der Waals surface area (Å²) in [5.41, 5.74) is 1.66. The Morgan fingerprint density at radius 1 is 1.19 bits per heavy atom. The average Bonchev–Trinajstić information content (AvgIpc) is 3.40. The lowest BCUT2D eigenvalue weighted by molar-refractivity contribution is 0.0955. The molecule has 0 aliphatic rings. The van der Waals surface area contributed by atoms with Crippen LogP contribution in [0.5, 0.6) is 0 Å². The molecule has 1 aromatic carbocycles. The van der Waals surface area contributed by atoms with Crippen LogP contribution in [-0.4, -0.2) is 16.0 Å². The number of nitrogens with one attached hydrogen (secondary N) is 1. The number of amides is 1. The molecule has 8 heteroatoms. The summed E-state index contributed by atoms with van der Waals surface area (Å²) in [4.78, 5) is 19.1. The molecule has 0 bridgehead atoms. The standard InChI is InChI=1S/C19H14FN3O2S2/c1-11-8-9-26-16(11)18(24)21-10-14-6-7-15(27-14)19-22-17(23-25-19)12-2-4-13(20)5-3-12/h2-9H,10H2,1H3,(H,21,24). The van der Waals surface area contributed by atoms with Crippen LogP contribution in [0.25, 0.3) is 22.2 Å². The maximum atomic E-state index is 13.0. The predicted octanol–water partition coefficient (Wildman–Crippen LogP) is 4.90. The number of aryl methyl sites for hydroxylation is 1. The lowest BCUT2D eigenvalue weighted by Crippen LogP contribution is -2.21. The first-order chi connectivity index (χ1) is 13.1. The summed E-state index contributed by atoms with van der Waals surface area (Å²) in [6.45, 7) is 2.35. The van der Waals surface area contributed by atoms with Gasteiger partial charge < -0.3 is 9.84 Å². The van der Waals surface area contributed by atoms with Gasteiger partial charge in [0, 0.05) is 10.4 Å². The van der Waals surface area contributed by atoms with Crippen LogP contribution in [0.3, 0.4) is 0 Å². The van der Waals surface area contributed by atoms with Crippen LogP contribution in [-0.2, 0) is 6.54 Å². The fourth-order valence-corrected chi connectivity index (χ4v) is 4.19. The smallest absolute Gasteiger partial charge is 0.268 e. The molecule has 0 fully saturated rings. The molecule has 0 atom stereocenters. The van der Waals surface area contributed by atoms with Gasteiger partial charge in [-0.1, -0.05) is 5.16 Å². The second kappa shape index (κ2) is 7.42. The molecule has 136 valence electrons. The summed E-state index contributed by atoms with van der Waals surface area (Å²) in [7, 11) is 0. The Morgan fingerprint density at radius 2 is 2.00 bits per heavy atom.